The van der Waals surface area contributed by atoms with E-state index in [9.17, 15) is 0 Å². The van der Waals surface area contributed by atoms with Gasteiger partial charge in [-0.05, 0) is 44.5 Å². The van der Waals surface area contributed by atoms with Gasteiger partial charge in [0.05, 0.1) is 0 Å². The maximum atomic E-state index is 3.52. The molecule has 84 valence electrons. The summed E-state index contributed by atoms with van der Waals surface area (Å²) in [6.45, 7) is 7.56. The van der Waals surface area contributed by atoms with Crippen LogP contribution in [0.15, 0.2) is 18.2 Å². The molecule has 0 aromatic heterocycles. The van der Waals surface area contributed by atoms with Crippen molar-refractivity contribution in [3.63, 3.8) is 0 Å². The Hall–Kier alpha value is -1.02. The summed E-state index contributed by atoms with van der Waals surface area (Å²) in [7, 11) is 1.98. The molecule has 1 unspecified atom stereocenters. The second kappa shape index (κ2) is 5.76. The van der Waals surface area contributed by atoms with E-state index in [2.05, 4.69) is 49.6 Å². The van der Waals surface area contributed by atoms with E-state index >= 15 is 0 Å². The Bertz CT molecular complexity index is 307. The first-order chi connectivity index (χ1) is 7.19. The lowest BCUT2D eigenvalue weighted by Gasteiger charge is -2.18. The SMILES string of the molecule is CCc1cccc(NC(C)CNC)c1C. The van der Waals surface area contributed by atoms with Crippen molar-refractivity contribution in [1.29, 1.82) is 0 Å². The van der Waals surface area contributed by atoms with E-state index in [1.54, 1.807) is 0 Å². The van der Waals surface area contributed by atoms with Crippen molar-refractivity contribution in [2.24, 2.45) is 0 Å². The van der Waals surface area contributed by atoms with Gasteiger partial charge in [-0.25, -0.2) is 0 Å². The second-order valence-electron chi connectivity index (χ2n) is 4.05. The highest BCUT2D eigenvalue weighted by molar-refractivity contribution is 5.54. The van der Waals surface area contributed by atoms with Gasteiger partial charge >= 0.3 is 0 Å². The fraction of sp³-hybridized carbons (Fsp3) is 0.538. The van der Waals surface area contributed by atoms with Crippen LogP contribution in [-0.2, 0) is 6.42 Å². The minimum absolute atomic E-state index is 0.459. The molecule has 15 heavy (non-hydrogen) atoms. The van der Waals surface area contributed by atoms with Gasteiger partial charge in [0, 0.05) is 18.3 Å². The van der Waals surface area contributed by atoms with Gasteiger partial charge in [-0.15, -0.1) is 0 Å². The predicted molar refractivity (Wildman–Crippen MR) is 67.6 cm³/mol. The van der Waals surface area contributed by atoms with Crippen LogP contribution in [-0.4, -0.2) is 19.6 Å². The molecule has 1 rings (SSSR count). The molecule has 0 saturated heterocycles. The molecular weight excluding hydrogens is 184 g/mol. The first kappa shape index (κ1) is 12.1. The van der Waals surface area contributed by atoms with E-state index in [0.29, 0.717) is 6.04 Å². The van der Waals surface area contributed by atoms with Crippen LogP contribution in [0.1, 0.15) is 25.0 Å². The molecule has 1 aromatic rings. The number of rotatable bonds is 5. The summed E-state index contributed by atoms with van der Waals surface area (Å²) in [6.07, 6.45) is 1.10. The monoisotopic (exact) mass is 206 g/mol. The molecule has 0 amide bonds. The highest BCUT2D eigenvalue weighted by Gasteiger charge is 2.05. The van der Waals surface area contributed by atoms with Gasteiger partial charge < -0.3 is 10.6 Å². The van der Waals surface area contributed by atoms with Gasteiger partial charge in [0.15, 0.2) is 0 Å². The highest BCUT2D eigenvalue weighted by atomic mass is 15.0. The molecule has 0 spiro atoms. The number of benzene rings is 1. The quantitative estimate of drug-likeness (QED) is 0.773. The van der Waals surface area contributed by atoms with Crippen LogP contribution >= 0.6 is 0 Å². The summed E-state index contributed by atoms with van der Waals surface area (Å²) in [5, 5.41) is 6.70. The summed E-state index contributed by atoms with van der Waals surface area (Å²) >= 11 is 0. The van der Waals surface area contributed by atoms with Crippen LogP contribution in [0, 0.1) is 6.92 Å². The molecule has 2 nitrogen and oxygen atoms in total. The normalized spacial score (nSPS) is 12.5. The Labute approximate surface area is 93.1 Å². The number of aryl methyl sites for hydroxylation is 1. The van der Waals surface area contributed by atoms with Crippen molar-refractivity contribution in [2.75, 3.05) is 18.9 Å². The van der Waals surface area contributed by atoms with Crippen molar-refractivity contribution >= 4 is 5.69 Å². The van der Waals surface area contributed by atoms with E-state index in [4.69, 9.17) is 0 Å². The summed E-state index contributed by atoms with van der Waals surface area (Å²) in [6, 6.07) is 6.94. The average Bonchev–Trinajstić information content (AvgIpc) is 2.21. The van der Waals surface area contributed by atoms with Crippen LogP contribution in [0.4, 0.5) is 5.69 Å². The fourth-order valence-corrected chi connectivity index (χ4v) is 1.85. The van der Waals surface area contributed by atoms with Gasteiger partial charge in [-0.1, -0.05) is 19.1 Å². The van der Waals surface area contributed by atoms with Crippen molar-refractivity contribution in [3.05, 3.63) is 29.3 Å². The number of nitrogens with one attached hydrogen (secondary N) is 2. The molecule has 1 atom stereocenters. The Kier molecular flexibility index (Phi) is 4.63. The second-order valence-corrected chi connectivity index (χ2v) is 4.05. The topological polar surface area (TPSA) is 24.1 Å². The third kappa shape index (κ3) is 3.24. The van der Waals surface area contributed by atoms with E-state index in [0.717, 1.165) is 13.0 Å². The molecule has 2 heteroatoms. The average molecular weight is 206 g/mol. The molecule has 0 radical (unpaired) electrons. The maximum absolute atomic E-state index is 3.52. The molecule has 0 fully saturated rings. The first-order valence-corrected chi connectivity index (χ1v) is 5.68. The smallest absolute Gasteiger partial charge is 0.0375 e. The largest absolute Gasteiger partial charge is 0.381 e. The highest BCUT2D eigenvalue weighted by Crippen LogP contribution is 2.19. The lowest BCUT2D eigenvalue weighted by atomic mass is 10.0. The van der Waals surface area contributed by atoms with Gasteiger partial charge in [-0.3, -0.25) is 0 Å². The number of likely N-dealkylation sites (N-methyl/N-ethyl adjacent to an activating group) is 1. The standard InChI is InChI=1S/C13H22N2/c1-5-12-7-6-8-13(11(12)3)15-10(2)9-14-4/h6-8,10,14-15H,5,9H2,1-4H3. The van der Waals surface area contributed by atoms with Crippen molar-refractivity contribution in [2.45, 2.75) is 33.2 Å². The Morgan fingerprint density at radius 1 is 1.33 bits per heavy atom. The zero-order valence-corrected chi connectivity index (χ0v) is 10.2. The molecule has 1 aromatic carbocycles. The molecular formula is C13H22N2. The lowest BCUT2D eigenvalue weighted by Crippen LogP contribution is -2.28. The molecule has 0 aliphatic heterocycles. The molecule has 0 heterocycles. The fourth-order valence-electron chi connectivity index (χ4n) is 1.85. The zero-order chi connectivity index (χ0) is 11.3. The van der Waals surface area contributed by atoms with Gasteiger partial charge in [0.25, 0.3) is 0 Å². The maximum Gasteiger partial charge on any atom is 0.0375 e. The Balaban J connectivity index is 2.76. The van der Waals surface area contributed by atoms with E-state index < -0.39 is 0 Å². The molecule has 0 bridgehead atoms. The lowest BCUT2D eigenvalue weighted by molar-refractivity contribution is 0.700. The van der Waals surface area contributed by atoms with E-state index in [1.807, 2.05) is 7.05 Å². The Morgan fingerprint density at radius 2 is 2.07 bits per heavy atom. The minimum atomic E-state index is 0.459. The molecule has 0 saturated carbocycles. The summed E-state index contributed by atoms with van der Waals surface area (Å²) in [4.78, 5) is 0. The van der Waals surface area contributed by atoms with Crippen LogP contribution in [0.3, 0.4) is 0 Å². The third-order valence-corrected chi connectivity index (χ3v) is 2.74. The van der Waals surface area contributed by atoms with Crippen LogP contribution in [0.25, 0.3) is 0 Å². The summed E-state index contributed by atoms with van der Waals surface area (Å²) < 4.78 is 0. The minimum Gasteiger partial charge on any atom is -0.381 e. The van der Waals surface area contributed by atoms with Gasteiger partial charge in [0.2, 0.25) is 0 Å². The van der Waals surface area contributed by atoms with Crippen LogP contribution in [0.5, 0.6) is 0 Å². The van der Waals surface area contributed by atoms with Crippen LogP contribution in [0.2, 0.25) is 0 Å². The Morgan fingerprint density at radius 3 is 2.67 bits per heavy atom. The number of hydrogen-bond donors (Lipinski definition) is 2. The van der Waals surface area contributed by atoms with Crippen molar-refractivity contribution in [1.82, 2.24) is 5.32 Å². The van der Waals surface area contributed by atoms with Crippen molar-refractivity contribution in [3.8, 4) is 0 Å². The van der Waals surface area contributed by atoms with Crippen LogP contribution < -0.4 is 10.6 Å². The molecule has 0 aliphatic rings. The van der Waals surface area contributed by atoms with E-state index in [-0.39, 0.29) is 0 Å². The molecule has 2 N–H and O–H groups in total. The summed E-state index contributed by atoms with van der Waals surface area (Å²) in [5.74, 6) is 0. The predicted octanol–water partition coefficient (Wildman–Crippen LogP) is 2.58. The number of hydrogen-bond acceptors (Lipinski definition) is 2. The molecule has 0 aliphatic carbocycles. The first-order valence-electron chi connectivity index (χ1n) is 5.68. The third-order valence-electron chi connectivity index (χ3n) is 2.74. The van der Waals surface area contributed by atoms with E-state index in [1.165, 1.54) is 16.8 Å². The van der Waals surface area contributed by atoms with Gasteiger partial charge in [-0.2, -0.15) is 0 Å². The van der Waals surface area contributed by atoms with Gasteiger partial charge in [0.1, 0.15) is 0 Å². The zero-order valence-electron chi connectivity index (χ0n) is 10.2. The number of anilines is 1. The van der Waals surface area contributed by atoms with Crippen molar-refractivity contribution < 1.29 is 0 Å². The summed E-state index contributed by atoms with van der Waals surface area (Å²) in [5.41, 5.74) is 4.07.